The fraction of sp³-hybridized carbons (Fsp3) is 0.200. The predicted octanol–water partition coefficient (Wildman–Crippen LogP) is 4.43. The van der Waals surface area contributed by atoms with E-state index in [1.165, 1.54) is 11.8 Å². The second-order valence-corrected chi connectivity index (χ2v) is 7.45. The van der Waals surface area contributed by atoms with Crippen LogP contribution in [0.5, 0.6) is 17.2 Å². The van der Waals surface area contributed by atoms with Crippen LogP contribution in [0.3, 0.4) is 0 Å². The molecule has 1 aliphatic heterocycles. The van der Waals surface area contributed by atoms with E-state index in [0.29, 0.717) is 32.0 Å². The van der Waals surface area contributed by atoms with Crippen molar-refractivity contribution in [1.29, 1.82) is 0 Å². The summed E-state index contributed by atoms with van der Waals surface area (Å²) >= 11 is 6.69. The summed E-state index contributed by atoms with van der Waals surface area (Å²) in [5.74, 6) is 1.37. The smallest absolute Gasteiger partial charge is 0.270 e. The Hall–Kier alpha value is -2.51. The van der Waals surface area contributed by atoms with Gasteiger partial charge in [-0.3, -0.25) is 9.69 Å². The third kappa shape index (κ3) is 3.65. The average molecular weight is 402 g/mol. The zero-order valence-corrected chi connectivity index (χ0v) is 17.1. The van der Waals surface area contributed by atoms with Crippen LogP contribution in [0.1, 0.15) is 11.1 Å². The topological polar surface area (TPSA) is 48.0 Å². The van der Waals surface area contributed by atoms with Gasteiger partial charge in [0.25, 0.3) is 5.91 Å². The molecule has 1 aliphatic rings. The summed E-state index contributed by atoms with van der Waals surface area (Å²) < 4.78 is 16.7. The quantitative estimate of drug-likeness (QED) is 0.546. The molecule has 0 N–H and O–H groups in total. The maximum Gasteiger partial charge on any atom is 0.270 e. The summed E-state index contributed by atoms with van der Waals surface area (Å²) in [5.41, 5.74) is 2.58. The second kappa shape index (κ2) is 8.02. The number of methoxy groups -OCH3 is 3. The first-order valence-corrected chi connectivity index (χ1v) is 9.36. The fourth-order valence-corrected chi connectivity index (χ4v) is 4.05. The van der Waals surface area contributed by atoms with E-state index < -0.39 is 0 Å². The largest absolute Gasteiger partial charge is 0.493 e. The van der Waals surface area contributed by atoms with Gasteiger partial charge in [-0.05, 0) is 37.3 Å². The molecular formula is C20H19NO4S2. The zero-order valence-electron chi connectivity index (χ0n) is 15.4. The van der Waals surface area contributed by atoms with E-state index in [4.69, 9.17) is 26.4 Å². The van der Waals surface area contributed by atoms with Crippen molar-refractivity contribution in [1.82, 2.24) is 0 Å². The van der Waals surface area contributed by atoms with Crippen LogP contribution in [0.2, 0.25) is 0 Å². The first-order chi connectivity index (χ1) is 13.0. The van der Waals surface area contributed by atoms with E-state index in [2.05, 4.69) is 0 Å². The molecule has 5 nitrogen and oxygen atoms in total. The Kier molecular flexibility index (Phi) is 5.72. The highest BCUT2D eigenvalue weighted by molar-refractivity contribution is 8.27. The average Bonchev–Trinajstić information content (AvgIpc) is 2.95. The van der Waals surface area contributed by atoms with Crippen molar-refractivity contribution in [3.8, 4) is 17.2 Å². The van der Waals surface area contributed by atoms with Crippen LogP contribution in [-0.2, 0) is 4.79 Å². The molecule has 0 aliphatic carbocycles. The van der Waals surface area contributed by atoms with Crippen LogP contribution < -0.4 is 19.1 Å². The molecule has 0 radical (unpaired) electrons. The lowest BCUT2D eigenvalue weighted by atomic mass is 10.1. The molecule has 27 heavy (non-hydrogen) atoms. The van der Waals surface area contributed by atoms with Crippen molar-refractivity contribution in [3.05, 3.63) is 52.4 Å². The first-order valence-electron chi connectivity index (χ1n) is 8.13. The summed E-state index contributed by atoms with van der Waals surface area (Å²) in [6.45, 7) is 2.00. The van der Waals surface area contributed by atoms with Crippen molar-refractivity contribution in [2.24, 2.45) is 0 Å². The maximum absolute atomic E-state index is 12.9. The molecule has 2 aromatic rings. The van der Waals surface area contributed by atoms with Gasteiger partial charge in [-0.15, -0.1) is 0 Å². The number of carbonyl (C=O) groups is 1. The Morgan fingerprint density at radius 1 is 0.963 bits per heavy atom. The molecule has 3 rings (SSSR count). The molecule has 1 saturated heterocycles. The third-order valence-electron chi connectivity index (χ3n) is 4.11. The minimum atomic E-state index is -0.161. The van der Waals surface area contributed by atoms with Crippen LogP contribution in [0.4, 0.5) is 5.69 Å². The van der Waals surface area contributed by atoms with Crippen molar-refractivity contribution in [2.75, 3.05) is 26.2 Å². The minimum Gasteiger partial charge on any atom is -0.493 e. The van der Waals surface area contributed by atoms with Crippen molar-refractivity contribution >= 4 is 46.0 Å². The molecule has 7 heteroatoms. The van der Waals surface area contributed by atoms with Gasteiger partial charge in [-0.1, -0.05) is 41.7 Å². The molecule has 0 bridgehead atoms. The molecule has 2 aromatic carbocycles. The van der Waals surface area contributed by atoms with Gasteiger partial charge >= 0.3 is 0 Å². The highest BCUT2D eigenvalue weighted by atomic mass is 32.2. The van der Waals surface area contributed by atoms with E-state index in [0.717, 1.165) is 11.3 Å². The van der Waals surface area contributed by atoms with E-state index in [9.17, 15) is 4.79 Å². The second-order valence-electron chi connectivity index (χ2n) is 5.78. The van der Waals surface area contributed by atoms with Gasteiger partial charge in [0.05, 0.1) is 31.9 Å². The highest BCUT2D eigenvalue weighted by Crippen LogP contribution is 2.43. The van der Waals surface area contributed by atoms with Gasteiger partial charge < -0.3 is 14.2 Å². The third-order valence-corrected chi connectivity index (χ3v) is 5.41. The van der Waals surface area contributed by atoms with Crippen LogP contribution in [0.15, 0.2) is 41.3 Å². The van der Waals surface area contributed by atoms with Gasteiger partial charge in [0.2, 0.25) is 5.75 Å². The number of anilines is 1. The molecule has 0 spiro atoms. The summed E-state index contributed by atoms with van der Waals surface area (Å²) in [6, 6.07) is 11.3. The van der Waals surface area contributed by atoms with Gasteiger partial charge in [0, 0.05) is 5.56 Å². The molecular weight excluding hydrogens is 382 g/mol. The lowest BCUT2D eigenvalue weighted by molar-refractivity contribution is -0.113. The molecule has 0 unspecified atom stereocenters. The number of carbonyl (C=O) groups excluding carboxylic acids is 1. The number of hydrogen-bond donors (Lipinski definition) is 0. The van der Waals surface area contributed by atoms with Crippen LogP contribution in [-0.4, -0.2) is 31.6 Å². The Morgan fingerprint density at radius 2 is 1.63 bits per heavy atom. The van der Waals surface area contributed by atoms with Crippen LogP contribution in [0.25, 0.3) is 6.08 Å². The van der Waals surface area contributed by atoms with Gasteiger partial charge in [0.15, 0.2) is 15.8 Å². The van der Waals surface area contributed by atoms with E-state index in [-0.39, 0.29) is 5.91 Å². The molecule has 1 fully saturated rings. The molecule has 1 amide bonds. The zero-order chi connectivity index (χ0) is 19.6. The van der Waals surface area contributed by atoms with Gasteiger partial charge in [0.1, 0.15) is 0 Å². The molecule has 0 aromatic heterocycles. The van der Waals surface area contributed by atoms with Crippen molar-refractivity contribution in [2.45, 2.75) is 6.92 Å². The lowest BCUT2D eigenvalue weighted by Crippen LogP contribution is -2.27. The predicted molar refractivity (Wildman–Crippen MR) is 113 cm³/mol. The molecule has 0 atom stereocenters. The molecule has 140 valence electrons. The maximum atomic E-state index is 12.9. The van der Waals surface area contributed by atoms with E-state index in [1.807, 2.05) is 37.3 Å². The van der Waals surface area contributed by atoms with Crippen LogP contribution in [0, 0.1) is 6.92 Å². The van der Waals surface area contributed by atoms with E-state index in [1.54, 1.807) is 38.4 Å². The summed E-state index contributed by atoms with van der Waals surface area (Å²) in [6.07, 6.45) is 1.76. The SMILES string of the molecule is COc1ccc(/C=C2\SC(=S)N(c3ccc(C)cc3)C2=O)c(OC)c1OC. The number of benzene rings is 2. The van der Waals surface area contributed by atoms with E-state index >= 15 is 0 Å². The number of amides is 1. The Labute approximate surface area is 167 Å². The minimum absolute atomic E-state index is 0.161. The molecule has 1 heterocycles. The Bertz CT molecular complexity index is 922. The number of thioether (sulfide) groups is 1. The Balaban J connectivity index is 2.00. The lowest BCUT2D eigenvalue weighted by Gasteiger charge is -2.15. The number of aryl methyl sites for hydroxylation is 1. The van der Waals surface area contributed by atoms with Gasteiger partial charge in [-0.2, -0.15) is 0 Å². The normalized spacial score (nSPS) is 15.4. The van der Waals surface area contributed by atoms with Crippen molar-refractivity contribution < 1.29 is 19.0 Å². The highest BCUT2D eigenvalue weighted by Gasteiger charge is 2.33. The number of thiocarbonyl (C=S) groups is 1. The number of ether oxygens (including phenoxy) is 3. The number of nitrogens with zero attached hydrogens (tertiary/aromatic N) is 1. The van der Waals surface area contributed by atoms with Crippen LogP contribution >= 0.6 is 24.0 Å². The summed E-state index contributed by atoms with van der Waals surface area (Å²) in [4.78, 5) is 15.0. The number of hydrogen-bond acceptors (Lipinski definition) is 6. The number of rotatable bonds is 5. The Morgan fingerprint density at radius 3 is 2.22 bits per heavy atom. The summed E-state index contributed by atoms with van der Waals surface area (Å²) in [5, 5.41) is 0. The monoisotopic (exact) mass is 401 g/mol. The standard InChI is InChI=1S/C20H19NO4S2/c1-12-5-8-14(9-6-12)21-19(22)16(27-20(21)26)11-13-7-10-15(23-2)18(25-4)17(13)24-3/h5-11H,1-4H3/b16-11-. The van der Waals surface area contributed by atoms with Crippen molar-refractivity contribution in [3.63, 3.8) is 0 Å². The van der Waals surface area contributed by atoms with Gasteiger partial charge in [-0.25, -0.2) is 0 Å². The molecule has 0 saturated carbocycles. The first kappa shape index (κ1) is 19.3. The summed E-state index contributed by atoms with van der Waals surface area (Å²) in [7, 11) is 4.65. The fourth-order valence-electron chi connectivity index (χ4n) is 2.76.